The molecule has 0 saturated carbocycles. The molecule has 0 aliphatic rings. The maximum absolute atomic E-state index is 13.8. The van der Waals surface area contributed by atoms with Crippen molar-refractivity contribution in [1.82, 2.24) is 0 Å². The number of hydrogen-bond acceptors (Lipinski definition) is 3. The SMILES string of the molecule is Cc1c(-c2c(F)cccc2Br)sc(C#N)c1N. The Morgan fingerprint density at radius 2 is 2.18 bits per heavy atom. The van der Waals surface area contributed by atoms with Gasteiger partial charge < -0.3 is 5.73 Å². The van der Waals surface area contributed by atoms with E-state index in [0.29, 0.717) is 25.5 Å². The highest BCUT2D eigenvalue weighted by Crippen LogP contribution is 2.41. The minimum atomic E-state index is -0.326. The van der Waals surface area contributed by atoms with E-state index in [1.807, 2.05) is 6.07 Å². The molecular weight excluding hydrogens is 303 g/mol. The standard InChI is InChI=1S/C12H8BrFN2S/c1-6-11(16)9(5-15)17-12(6)10-7(13)3-2-4-8(10)14/h2-4H,16H2,1H3. The van der Waals surface area contributed by atoms with Gasteiger partial charge in [0.2, 0.25) is 0 Å². The molecule has 0 atom stereocenters. The molecule has 0 radical (unpaired) electrons. The van der Waals surface area contributed by atoms with Crippen LogP contribution in [0.3, 0.4) is 0 Å². The molecule has 2 N–H and O–H groups in total. The van der Waals surface area contributed by atoms with E-state index in [2.05, 4.69) is 15.9 Å². The molecule has 0 aliphatic carbocycles. The van der Waals surface area contributed by atoms with Crippen molar-refractivity contribution in [2.24, 2.45) is 0 Å². The summed E-state index contributed by atoms with van der Waals surface area (Å²) in [6.45, 7) is 1.79. The highest BCUT2D eigenvalue weighted by Gasteiger charge is 2.18. The number of rotatable bonds is 1. The van der Waals surface area contributed by atoms with Gasteiger partial charge in [-0.1, -0.05) is 22.0 Å². The van der Waals surface area contributed by atoms with E-state index in [9.17, 15) is 4.39 Å². The Balaban J connectivity index is 2.74. The normalized spacial score (nSPS) is 10.2. The summed E-state index contributed by atoms with van der Waals surface area (Å²) < 4.78 is 14.5. The molecule has 1 aromatic heterocycles. The van der Waals surface area contributed by atoms with E-state index >= 15 is 0 Å². The molecule has 17 heavy (non-hydrogen) atoms. The maximum atomic E-state index is 13.8. The monoisotopic (exact) mass is 310 g/mol. The van der Waals surface area contributed by atoms with E-state index in [1.165, 1.54) is 17.4 Å². The largest absolute Gasteiger partial charge is 0.397 e. The predicted octanol–water partition coefficient (Wildman–Crippen LogP) is 4.08. The lowest BCUT2D eigenvalue weighted by Crippen LogP contribution is -1.89. The minimum absolute atomic E-state index is 0.326. The number of nitriles is 1. The van der Waals surface area contributed by atoms with Crippen molar-refractivity contribution in [3.8, 4) is 16.5 Å². The van der Waals surface area contributed by atoms with Gasteiger partial charge in [0.25, 0.3) is 0 Å². The summed E-state index contributed by atoms with van der Waals surface area (Å²) in [6.07, 6.45) is 0. The summed E-state index contributed by atoms with van der Waals surface area (Å²) >= 11 is 4.53. The van der Waals surface area contributed by atoms with E-state index in [0.717, 1.165) is 5.56 Å². The molecule has 2 rings (SSSR count). The first-order valence-corrected chi connectivity index (χ1v) is 6.40. The fourth-order valence-corrected chi connectivity index (χ4v) is 3.32. The number of nitrogens with zero attached hydrogens (tertiary/aromatic N) is 1. The van der Waals surface area contributed by atoms with Gasteiger partial charge in [-0.3, -0.25) is 0 Å². The molecule has 1 heterocycles. The number of halogens is 2. The Kier molecular flexibility index (Phi) is 3.18. The van der Waals surface area contributed by atoms with Gasteiger partial charge in [0.15, 0.2) is 0 Å². The first-order valence-electron chi connectivity index (χ1n) is 4.79. The average Bonchev–Trinajstić information content (AvgIpc) is 2.57. The van der Waals surface area contributed by atoms with Gasteiger partial charge in [-0.25, -0.2) is 4.39 Å². The molecule has 2 aromatic rings. The van der Waals surface area contributed by atoms with Gasteiger partial charge in [0.05, 0.1) is 5.69 Å². The summed E-state index contributed by atoms with van der Waals surface area (Å²) in [4.78, 5) is 1.12. The average molecular weight is 311 g/mol. The fourth-order valence-electron chi connectivity index (χ4n) is 1.56. The van der Waals surface area contributed by atoms with Crippen molar-refractivity contribution >= 4 is 33.0 Å². The Hall–Kier alpha value is -1.38. The lowest BCUT2D eigenvalue weighted by Gasteiger charge is -2.04. The van der Waals surface area contributed by atoms with Crippen LogP contribution in [-0.4, -0.2) is 0 Å². The van der Waals surface area contributed by atoms with E-state index in [-0.39, 0.29) is 5.82 Å². The minimum Gasteiger partial charge on any atom is -0.397 e. The zero-order valence-corrected chi connectivity index (χ0v) is 11.3. The third kappa shape index (κ3) is 1.94. The van der Waals surface area contributed by atoms with Crippen LogP contribution in [0.25, 0.3) is 10.4 Å². The summed E-state index contributed by atoms with van der Waals surface area (Å²) in [5.41, 5.74) is 7.44. The molecule has 0 spiro atoms. The Morgan fingerprint density at radius 3 is 2.71 bits per heavy atom. The topological polar surface area (TPSA) is 49.8 Å². The van der Waals surface area contributed by atoms with Crippen molar-refractivity contribution < 1.29 is 4.39 Å². The van der Waals surface area contributed by atoms with Crippen LogP contribution in [0.5, 0.6) is 0 Å². The molecule has 0 amide bonds. The van der Waals surface area contributed by atoms with Gasteiger partial charge in [-0.2, -0.15) is 5.26 Å². The molecule has 0 unspecified atom stereocenters. The number of benzene rings is 1. The van der Waals surface area contributed by atoms with E-state index in [4.69, 9.17) is 11.0 Å². The van der Waals surface area contributed by atoms with Crippen LogP contribution >= 0.6 is 27.3 Å². The van der Waals surface area contributed by atoms with Gasteiger partial charge in [0.1, 0.15) is 16.8 Å². The van der Waals surface area contributed by atoms with Crippen LogP contribution in [0.4, 0.5) is 10.1 Å². The zero-order valence-electron chi connectivity index (χ0n) is 8.92. The van der Waals surface area contributed by atoms with E-state index < -0.39 is 0 Å². The summed E-state index contributed by atoms with van der Waals surface area (Å²) in [7, 11) is 0. The molecule has 1 aromatic carbocycles. The molecular formula is C12H8BrFN2S. The molecule has 0 bridgehead atoms. The summed E-state index contributed by atoms with van der Waals surface area (Å²) in [5.74, 6) is -0.326. The number of nitrogens with two attached hydrogens (primary N) is 1. The second-order valence-corrected chi connectivity index (χ2v) is 5.38. The lowest BCUT2D eigenvalue weighted by molar-refractivity contribution is 0.631. The van der Waals surface area contributed by atoms with Crippen molar-refractivity contribution in [3.05, 3.63) is 38.9 Å². The maximum Gasteiger partial charge on any atom is 0.132 e. The molecule has 0 fully saturated rings. The Labute approximate surface area is 111 Å². The first kappa shape index (κ1) is 12.1. The number of nitrogen functional groups attached to an aromatic ring is 1. The number of hydrogen-bond donors (Lipinski definition) is 1. The highest BCUT2D eigenvalue weighted by molar-refractivity contribution is 9.10. The summed E-state index contributed by atoms with van der Waals surface area (Å²) in [6, 6.07) is 6.80. The molecule has 5 heteroatoms. The number of thiophene rings is 1. The van der Waals surface area contributed by atoms with Gasteiger partial charge in [-0.15, -0.1) is 11.3 Å². The van der Waals surface area contributed by atoms with Crippen molar-refractivity contribution in [3.63, 3.8) is 0 Å². The quantitative estimate of drug-likeness (QED) is 0.862. The summed E-state index contributed by atoms with van der Waals surface area (Å²) in [5, 5.41) is 8.92. The van der Waals surface area contributed by atoms with Gasteiger partial charge in [-0.05, 0) is 24.6 Å². The second-order valence-electron chi connectivity index (χ2n) is 3.51. The van der Waals surface area contributed by atoms with Crippen LogP contribution in [0, 0.1) is 24.1 Å². The molecule has 0 aliphatic heterocycles. The van der Waals surface area contributed by atoms with Crippen LogP contribution in [0.1, 0.15) is 10.4 Å². The molecule has 2 nitrogen and oxygen atoms in total. The van der Waals surface area contributed by atoms with Crippen LogP contribution in [0.2, 0.25) is 0 Å². The Morgan fingerprint density at radius 1 is 1.47 bits per heavy atom. The van der Waals surface area contributed by atoms with E-state index in [1.54, 1.807) is 19.1 Å². The lowest BCUT2D eigenvalue weighted by atomic mass is 10.1. The van der Waals surface area contributed by atoms with Crippen molar-refractivity contribution in [1.29, 1.82) is 5.26 Å². The van der Waals surface area contributed by atoms with Gasteiger partial charge in [0, 0.05) is 14.9 Å². The highest BCUT2D eigenvalue weighted by atomic mass is 79.9. The molecule has 86 valence electrons. The zero-order chi connectivity index (χ0) is 12.6. The number of anilines is 1. The Bertz CT molecular complexity index is 608. The van der Waals surface area contributed by atoms with Crippen molar-refractivity contribution in [2.75, 3.05) is 5.73 Å². The van der Waals surface area contributed by atoms with Crippen LogP contribution in [0.15, 0.2) is 22.7 Å². The predicted molar refractivity (Wildman–Crippen MR) is 71.3 cm³/mol. The third-order valence-corrected chi connectivity index (χ3v) is 4.38. The first-order chi connectivity index (χ1) is 8.06. The van der Waals surface area contributed by atoms with Crippen molar-refractivity contribution in [2.45, 2.75) is 6.92 Å². The van der Waals surface area contributed by atoms with Crippen LogP contribution in [-0.2, 0) is 0 Å². The van der Waals surface area contributed by atoms with Crippen LogP contribution < -0.4 is 5.73 Å². The smallest absolute Gasteiger partial charge is 0.132 e. The fraction of sp³-hybridized carbons (Fsp3) is 0.0833. The van der Waals surface area contributed by atoms with Gasteiger partial charge >= 0.3 is 0 Å². The second kappa shape index (κ2) is 4.47. The third-order valence-electron chi connectivity index (χ3n) is 2.48. The molecule has 0 saturated heterocycles.